The van der Waals surface area contributed by atoms with Crippen LogP contribution >= 0.6 is 0 Å². The molecule has 0 aromatic heterocycles. The Morgan fingerprint density at radius 2 is 2.04 bits per heavy atom. The van der Waals surface area contributed by atoms with Crippen LogP contribution in [-0.2, 0) is 16.0 Å². The number of hydrogen-bond donors (Lipinski definition) is 0. The zero-order valence-corrected chi connectivity index (χ0v) is 14.8. The average molecular weight is 346 g/mol. The van der Waals surface area contributed by atoms with Crippen molar-refractivity contribution in [1.29, 1.82) is 0 Å². The summed E-state index contributed by atoms with van der Waals surface area (Å²) >= 11 is 0. The second-order valence-electron chi connectivity index (χ2n) is 7.06. The molecule has 3 aliphatic rings. The van der Waals surface area contributed by atoms with Crippen molar-refractivity contribution in [3.05, 3.63) is 23.8 Å². The SMILES string of the molecule is COc1ccc2c(c1)OC[C@@H](C(=O)N1CCN([C@@H]3CCOC3)CC1)C2. The molecule has 0 spiro atoms. The molecule has 0 bridgehead atoms. The first kappa shape index (κ1) is 16.7. The Morgan fingerprint density at radius 3 is 2.76 bits per heavy atom. The highest BCUT2D eigenvalue weighted by molar-refractivity contribution is 5.80. The number of methoxy groups -OCH3 is 1. The number of nitrogens with zero attached hydrogens (tertiary/aromatic N) is 2. The average Bonchev–Trinajstić information content (AvgIpc) is 3.21. The van der Waals surface area contributed by atoms with Gasteiger partial charge in [0.15, 0.2) is 0 Å². The van der Waals surface area contributed by atoms with Crippen LogP contribution in [0.25, 0.3) is 0 Å². The van der Waals surface area contributed by atoms with Gasteiger partial charge in [0.2, 0.25) is 5.91 Å². The Labute approximate surface area is 148 Å². The number of benzene rings is 1. The van der Waals surface area contributed by atoms with Gasteiger partial charge in [-0.2, -0.15) is 0 Å². The fraction of sp³-hybridized carbons (Fsp3) is 0.632. The van der Waals surface area contributed by atoms with Crippen LogP contribution in [-0.4, -0.2) is 74.9 Å². The second kappa shape index (κ2) is 7.22. The maximum absolute atomic E-state index is 12.9. The Morgan fingerprint density at radius 1 is 1.20 bits per heavy atom. The molecular formula is C19H26N2O4. The molecule has 2 atom stereocenters. The molecule has 4 rings (SSSR count). The first-order valence-electron chi connectivity index (χ1n) is 9.15. The maximum Gasteiger partial charge on any atom is 0.229 e. The fourth-order valence-electron chi connectivity index (χ4n) is 4.01. The summed E-state index contributed by atoms with van der Waals surface area (Å²) in [6, 6.07) is 6.37. The minimum Gasteiger partial charge on any atom is -0.497 e. The standard InChI is InChI=1S/C19H26N2O4/c1-23-17-3-2-14-10-15(12-25-18(14)11-17)19(22)21-7-5-20(6-8-21)16-4-9-24-13-16/h2-3,11,15-16H,4-10,12-13H2,1H3/t15-,16+/m0/s1. The van der Waals surface area contributed by atoms with Crippen LogP contribution in [0.15, 0.2) is 18.2 Å². The Balaban J connectivity index is 1.34. The predicted octanol–water partition coefficient (Wildman–Crippen LogP) is 1.18. The summed E-state index contributed by atoms with van der Waals surface area (Å²) in [5, 5.41) is 0. The van der Waals surface area contributed by atoms with Gasteiger partial charge in [-0.15, -0.1) is 0 Å². The molecule has 1 amide bonds. The van der Waals surface area contributed by atoms with Crippen LogP contribution < -0.4 is 9.47 Å². The van der Waals surface area contributed by atoms with Gasteiger partial charge in [-0.25, -0.2) is 0 Å². The highest BCUT2D eigenvalue weighted by atomic mass is 16.5. The van der Waals surface area contributed by atoms with Crippen LogP contribution in [0.4, 0.5) is 0 Å². The van der Waals surface area contributed by atoms with E-state index in [1.54, 1.807) is 7.11 Å². The van der Waals surface area contributed by atoms with E-state index < -0.39 is 0 Å². The van der Waals surface area contributed by atoms with E-state index in [9.17, 15) is 4.79 Å². The maximum atomic E-state index is 12.9. The van der Waals surface area contributed by atoms with E-state index in [1.165, 1.54) is 0 Å². The molecule has 3 heterocycles. The Kier molecular flexibility index (Phi) is 4.81. The third-order valence-electron chi connectivity index (χ3n) is 5.58. The number of rotatable bonds is 3. The van der Waals surface area contributed by atoms with Crippen molar-refractivity contribution in [1.82, 2.24) is 9.80 Å². The number of hydrogen-bond acceptors (Lipinski definition) is 5. The molecule has 0 unspecified atom stereocenters. The largest absolute Gasteiger partial charge is 0.497 e. The molecule has 2 saturated heterocycles. The molecule has 0 saturated carbocycles. The topological polar surface area (TPSA) is 51.2 Å². The monoisotopic (exact) mass is 346 g/mol. The van der Waals surface area contributed by atoms with Crippen molar-refractivity contribution in [2.24, 2.45) is 5.92 Å². The Bertz CT molecular complexity index is 622. The molecule has 0 aliphatic carbocycles. The van der Waals surface area contributed by atoms with Gasteiger partial charge in [-0.1, -0.05) is 6.07 Å². The smallest absolute Gasteiger partial charge is 0.229 e. The summed E-state index contributed by atoms with van der Waals surface area (Å²) < 4.78 is 16.6. The molecule has 3 aliphatic heterocycles. The van der Waals surface area contributed by atoms with Gasteiger partial charge in [0.25, 0.3) is 0 Å². The lowest BCUT2D eigenvalue weighted by atomic mass is 9.95. The third kappa shape index (κ3) is 3.46. The fourth-order valence-corrected chi connectivity index (χ4v) is 4.01. The van der Waals surface area contributed by atoms with Gasteiger partial charge < -0.3 is 19.1 Å². The molecule has 1 aromatic carbocycles. The molecule has 6 nitrogen and oxygen atoms in total. The van der Waals surface area contributed by atoms with Crippen LogP contribution in [0.5, 0.6) is 11.5 Å². The van der Waals surface area contributed by atoms with Crippen LogP contribution in [0, 0.1) is 5.92 Å². The quantitative estimate of drug-likeness (QED) is 0.823. The van der Waals surface area contributed by atoms with E-state index in [4.69, 9.17) is 14.2 Å². The molecular weight excluding hydrogens is 320 g/mol. The first-order chi connectivity index (χ1) is 12.2. The number of fused-ring (bicyclic) bond motifs is 1. The normalized spacial score (nSPS) is 26.8. The lowest BCUT2D eigenvalue weighted by Gasteiger charge is -2.39. The molecule has 1 aromatic rings. The van der Waals surface area contributed by atoms with Gasteiger partial charge in [-0.05, 0) is 24.5 Å². The Hall–Kier alpha value is -1.79. The zero-order chi connectivity index (χ0) is 17.2. The second-order valence-corrected chi connectivity index (χ2v) is 7.06. The number of amides is 1. The van der Waals surface area contributed by atoms with Crippen LogP contribution in [0.1, 0.15) is 12.0 Å². The van der Waals surface area contributed by atoms with E-state index >= 15 is 0 Å². The minimum absolute atomic E-state index is 0.0812. The summed E-state index contributed by atoms with van der Waals surface area (Å²) in [5.74, 6) is 1.77. The molecule has 136 valence electrons. The minimum atomic E-state index is -0.0812. The van der Waals surface area contributed by atoms with Crippen molar-refractivity contribution < 1.29 is 19.0 Å². The van der Waals surface area contributed by atoms with E-state index in [2.05, 4.69) is 4.90 Å². The van der Waals surface area contributed by atoms with Crippen molar-refractivity contribution in [3.8, 4) is 11.5 Å². The predicted molar refractivity (Wildman–Crippen MR) is 93.1 cm³/mol. The van der Waals surface area contributed by atoms with Crippen molar-refractivity contribution in [2.75, 3.05) is 53.1 Å². The molecule has 0 radical (unpaired) electrons. The van der Waals surface area contributed by atoms with Gasteiger partial charge >= 0.3 is 0 Å². The van der Waals surface area contributed by atoms with Crippen molar-refractivity contribution in [2.45, 2.75) is 18.9 Å². The first-order valence-corrected chi connectivity index (χ1v) is 9.15. The number of carbonyl (C=O) groups is 1. The summed E-state index contributed by atoms with van der Waals surface area (Å²) in [6.07, 6.45) is 1.86. The summed E-state index contributed by atoms with van der Waals surface area (Å²) in [7, 11) is 1.65. The van der Waals surface area contributed by atoms with Crippen LogP contribution in [0.2, 0.25) is 0 Å². The third-order valence-corrected chi connectivity index (χ3v) is 5.58. The van der Waals surface area contributed by atoms with E-state index in [0.29, 0.717) is 12.6 Å². The van der Waals surface area contributed by atoms with Crippen molar-refractivity contribution in [3.63, 3.8) is 0 Å². The number of piperazine rings is 1. The highest BCUT2D eigenvalue weighted by Crippen LogP contribution is 2.31. The van der Waals surface area contributed by atoms with Gasteiger partial charge in [0.1, 0.15) is 18.1 Å². The van der Waals surface area contributed by atoms with E-state index in [1.807, 2.05) is 23.1 Å². The molecule has 6 heteroatoms. The number of ether oxygens (including phenoxy) is 3. The van der Waals surface area contributed by atoms with Gasteiger partial charge in [0, 0.05) is 44.9 Å². The summed E-state index contributed by atoms with van der Waals surface area (Å²) in [4.78, 5) is 17.4. The zero-order valence-electron chi connectivity index (χ0n) is 14.8. The van der Waals surface area contributed by atoms with Gasteiger partial charge in [-0.3, -0.25) is 9.69 Å². The van der Waals surface area contributed by atoms with E-state index in [-0.39, 0.29) is 11.8 Å². The number of carbonyl (C=O) groups excluding carboxylic acids is 1. The summed E-state index contributed by atoms with van der Waals surface area (Å²) in [5.41, 5.74) is 1.09. The molecule has 0 N–H and O–H groups in total. The van der Waals surface area contributed by atoms with Gasteiger partial charge in [0.05, 0.1) is 19.6 Å². The van der Waals surface area contributed by atoms with E-state index in [0.717, 1.165) is 69.3 Å². The summed E-state index contributed by atoms with van der Waals surface area (Å²) in [6.45, 7) is 5.67. The highest BCUT2D eigenvalue weighted by Gasteiger charge is 2.33. The lowest BCUT2D eigenvalue weighted by Crippen LogP contribution is -2.54. The lowest BCUT2D eigenvalue weighted by molar-refractivity contribution is -0.139. The van der Waals surface area contributed by atoms with Crippen molar-refractivity contribution >= 4 is 5.91 Å². The molecule has 2 fully saturated rings. The molecule has 25 heavy (non-hydrogen) atoms. The van der Waals surface area contributed by atoms with Crippen LogP contribution in [0.3, 0.4) is 0 Å².